The first kappa shape index (κ1) is 26.4. The number of hydrogen-bond donors (Lipinski definition) is 0. The molecule has 1 fully saturated rings. The number of rotatable bonds is 10. The molecule has 192 valence electrons. The Bertz CT molecular complexity index is 1120. The molecule has 0 atom stereocenters. The second kappa shape index (κ2) is 12.1. The van der Waals surface area contributed by atoms with Crippen LogP contribution in [0.1, 0.15) is 57.1 Å². The van der Waals surface area contributed by atoms with Crippen molar-refractivity contribution in [2.45, 2.75) is 70.8 Å². The van der Waals surface area contributed by atoms with E-state index in [2.05, 4.69) is 31.2 Å². The van der Waals surface area contributed by atoms with Crippen LogP contribution in [0.5, 0.6) is 0 Å². The van der Waals surface area contributed by atoms with Crippen LogP contribution in [0.4, 0.5) is 13.2 Å². The summed E-state index contributed by atoms with van der Waals surface area (Å²) >= 11 is 0. The fourth-order valence-corrected chi connectivity index (χ4v) is 4.70. The SMILES string of the molecule is CCCCc1ccc(-c2ccc(-c3ccc(CCC4OCC(F)(CCC)CO4)c(F)c3F)cc2)cc1. The molecule has 0 bridgehead atoms. The van der Waals surface area contributed by atoms with E-state index in [1.807, 2.05) is 31.2 Å². The van der Waals surface area contributed by atoms with Gasteiger partial charge in [-0.3, -0.25) is 0 Å². The van der Waals surface area contributed by atoms with Crippen molar-refractivity contribution in [3.8, 4) is 22.3 Å². The van der Waals surface area contributed by atoms with Gasteiger partial charge in [0.05, 0.1) is 13.2 Å². The summed E-state index contributed by atoms with van der Waals surface area (Å²) in [5.41, 5.74) is 3.09. The van der Waals surface area contributed by atoms with E-state index < -0.39 is 23.6 Å². The van der Waals surface area contributed by atoms with E-state index in [-0.39, 0.29) is 30.8 Å². The molecule has 3 aromatic rings. The first-order valence-corrected chi connectivity index (χ1v) is 13.0. The van der Waals surface area contributed by atoms with Gasteiger partial charge in [-0.05, 0) is 53.5 Å². The average molecular weight is 497 g/mol. The van der Waals surface area contributed by atoms with E-state index >= 15 is 0 Å². The largest absolute Gasteiger partial charge is 0.349 e. The molecule has 0 N–H and O–H groups in total. The first-order chi connectivity index (χ1) is 17.4. The van der Waals surface area contributed by atoms with Crippen molar-refractivity contribution in [3.05, 3.63) is 83.4 Å². The maximum Gasteiger partial charge on any atom is 0.166 e. The summed E-state index contributed by atoms with van der Waals surface area (Å²) in [6.07, 6.45) is 4.49. The van der Waals surface area contributed by atoms with Gasteiger partial charge in [-0.2, -0.15) is 0 Å². The van der Waals surface area contributed by atoms with Crippen LogP contribution in [-0.4, -0.2) is 25.2 Å². The van der Waals surface area contributed by atoms with Crippen LogP contribution in [0.15, 0.2) is 60.7 Å². The van der Waals surface area contributed by atoms with Gasteiger partial charge in [0, 0.05) is 12.0 Å². The van der Waals surface area contributed by atoms with Crippen LogP contribution in [-0.2, 0) is 22.3 Å². The summed E-state index contributed by atoms with van der Waals surface area (Å²) in [4.78, 5) is 0. The van der Waals surface area contributed by atoms with Crippen molar-refractivity contribution in [2.75, 3.05) is 13.2 Å². The molecule has 0 spiro atoms. The van der Waals surface area contributed by atoms with Gasteiger partial charge in [-0.1, -0.05) is 87.4 Å². The maximum absolute atomic E-state index is 15.0. The van der Waals surface area contributed by atoms with Crippen molar-refractivity contribution in [1.29, 1.82) is 0 Å². The molecule has 36 heavy (non-hydrogen) atoms. The minimum atomic E-state index is -1.46. The molecule has 0 unspecified atom stereocenters. The minimum Gasteiger partial charge on any atom is -0.349 e. The highest BCUT2D eigenvalue weighted by atomic mass is 19.2. The highest BCUT2D eigenvalue weighted by Crippen LogP contribution is 2.31. The predicted octanol–water partition coefficient (Wildman–Crippen LogP) is 8.46. The van der Waals surface area contributed by atoms with Gasteiger partial charge in [0.15, 0.2) is 23.6 Å². The van der Waals surface area contributed by atoms with Crippen LogP contribution in [0.2, 0.25) is 0 Å². The molecule has 1 aliphatic heterocycles. The third-order valence-corrected chi connectivity index (χ3v) is 6.87. The van der Waals surface area contributed by atoms with Gasteiger partial charge in [0.25, 0.3) is 0 Å². The fraction of sp³-hybridized carbons (Fsp3) is 0.419. The Morgan fingerprint density at radius 2 is 1.36 bits per heavy atom. The Kier molecular flexibility index (Phi) is 8.86. The maximum atomic E-state index is 15.0. The lowest BCUT2D eigenvalue weighted by atomic mass is 9.97. The molecule has 0 aliphatic carbocycles. The highest BCUT2D eigenvalue weighted by Gasteiger charge is 2.36. The van der Waals surface area contributed by atoms with Crippen molar-refractivity contribution in [3.63, 3.8) is 0 Å². The third kappa shape index (κ3) is 6.37. The standard InChI is InChI=1S/C31H35F3O2/c1-3-5-6-22-7-9-23(10-8-22)24-11-13-25(14-12-24)27-17-15-26(29(32)30(27)33)16-18-28-35-20-31(34,19-4-2)21-36-28/h7-15,17,28H,3-6,16,18-21H2,1-2H3. The zero-order valence-electron chi connectivity index (χ0n) is 21.2. The number of aryl methyl sites for hydroxylation is 2. The molecule has 1 saturated heterocycles. The van der Waals surface area contributed by atoms with E-state index in [1.54, 1.807) is 12.1 Å². The number of alkyl halides is 1. The van der Waals surface area contributed by atoms with Crippen LogP contribution < -0.4 is 0 Å². The molecule has 2 nitrogen and oxygen atoms in total. The van der Waals surface area contributed by atoms with Crippen molar-refractivity contribution >= 4 is 0 Å². The van der Waals surface area contributed by atoms with Gasteiger partial charge >= 0.3 is 0 Å². The summed E-state index contributed by atoms with van der Waals surface area (Å²) in [5, 5.41) is 0. The second-order valence-electron chi connectivity index (χ2n) is 9.77. The van der Waals surface area contributed by atoms with Gasteiger partial charge in [-0.25, -0.2) is 13.2 Å². The molecule has 1 aliphatic rings. The summed E-state index contributed by atoms with van der Waals surface area (Å²) in [7, 11) is 0. The lowest BCUT2D eigenvalue weighted by Crippen LogP contribution is -2.44. The fourth-order valence-electron chi connectivity index (χ4n) is 4.70. The monoisotopic (exact) mass is 496 g/mol. The Balaban J connectivity index is 1.39. The molecular formula is C31H35F3O2. The molecule has 0 radical (unpaired) electrons. The topological polar surface area (TPSA) is 18.5 Å². The average Bonchev–Trinajstić information content (AvgIpc) is 2.90. The molecule has 0 amide bonds. The minimum absolute atomic E-state index is 0.0275. The highest BCUT2D eigenvalue weighted by molar-refractivity contribution is 5.71. The lowest BCUT2D eigenvalue weighted by molar-refractivity contribution is -0.236. The Labute approximate surface area is 212 Å². The van der Waals surface area contributed by atoms with Crippen LogP contribution >= 0.6 is 0 Å². The smallest absolute Gasteiger partial charge is 0.166 e. The zero-order valence-corrected chi connectivity index (χ0v) is 21.2. The van der Waals surface area contributed by atoms with E-state index in [9.17, 15) is 13.2 Å². The van der Waals surface area contributed by atoms with E-state index in [0.717, 1.165) is 17.5 Å². The van der Waals surface area contributed by atoms with E-state index in [1.165, 1.54) is 18.4 Å². The number of hydrogen-bond acceptors (Lipinski definition) is 2. The summed E-state index contributed by atoms with van der Waals surface area (Å²) in [5.74, 6) is -1.72. The Morgan fingerprint density at radius 1 is 0.750 bits per heavy atom. The number of ether oxygens (including phenoxy) is 2. The van der Waals surface area contributed by atoms with Gasteiger partial charge in [0.1, 0.15) is 0 Å². The molecule has 1 heterocycles. The van der Waals surface area contributed by atoms with Crippen molar-refractivity contribution < 1.29 is 22.6 Å². The van der Waals surface area contributed by atoms with Gasteiger partial charge < -0.3 is 9.47 Å². The normalized spacial score (nSPS) is 20.0. The number of unbranched alkanes of at least 4 members (excludes halogenated alkanes) is 1. The molecule has 0 aromatic heterocycles. The molecule has 3 aromatic carbocycles. The third-order valence-electron chi connectivity index (χ3n) is 6.87. The van der Waals surface area contributed by atoms with Gasteiger partial charge in [-0.15, -0.1) is 0 Å². The number of halogens is 3. The predicted molar refractivity (Wildman–Crippen MR) is 139 cm³/mol. The molecule has 0 saturated carbocycles. The zero-order chi connectivity index (χ0) is 25.5. The summed E-state index contributed by atoms with van der Waals surface area (Å²) < 4.78 is 55.3. The molecular weight excluding hydrogens is 461 g/mol. The lowest BCUT2D eigenvalue weighted by Gasteiger charge is -2.34. The van der Waals surface area contributed by atoms with Crippen molar-refractivity contribution in [1.82, 2.24) is 0 Å². The van der Waals surface area contributed by atoms with Crippen LogP contribution in [0.3, 0.4) is 0 Å². The van der Waals surface area contributed by atoms with E-state index in [0.29, 0.717) is 24.8 Å². The second-order valence-corrected chi connectivity index (χ2v) is 9.77. The van der Waals surface area contributed by atoms with Crippen LogP contribution in [0.25, 0.3) is 22.3 Å². The molecule has 5 heteroatoms. The number of benzene rings is 3. The van der Waals surface area contributed by atoms with Crippen LogP contribution in [0, 0.1) is 11.6 Å². The van der Waals surface area contributed by atoms with Crippen molar-refractivity contribution in [2.24, 2.45) is 0 Å². The summed E-state index contributed by atoms with van der Waals surface area (Å²) in [6.45, 7) is 4.04. The Morgan fingerprint density at radius 3 is 1.97 bits per heavy atom. The van der Waals surface area contributed by atoms with E-state index in [4.69, 9.17) is 9.47 Å². The summed E-state index contributed by atoms with van der Waals surface area (Å²) in [6, 6.07) is 19.2. The Hall–Kier alpha value is -2.63. The first-order valence-electron chi connectivity index (χ1n) is 13.0. The molecule has 4 rings (SSSR count). The quantitative estimate of drug-likeness (QED) is 0.280. The van der Waals surface area contributed by atoms with Gasteiger partial charge in [0.2, 0.25) is 0 Å².